The number of piperazine rings is 1. The summed E-state index contributed by atoms with van der Waals surface area (Å²) in [5.74, 6) is -0.325. The van der Waals surface area contributed by atoms with Crippen LogP contribution < -0.4 is 5.32 Å². The molecule has 1 fully saturated rings. The summed E-state index contributed by atoms with van der Waals surface area (Å²) in [5.41, 5.74) is 0.137. The van der Waals surface area contributed by atoms with Gasteiger partial charge in [-0.2, -0.15) is 13.2 Å². The second-order valence-corrected chi connectivity index (χ2v) is 5.83. The fourth-order valence-corrected chi connectivity index (χ4v) is 2.92. The van der Waals surface area contributed by atoms with Crippen LogP contribution in [0.5, 0.6) is 0 Å². The van der Waals surface area contributed by atoms with Crippen molar-refractivity contribution < 1.29 is 18.0 Å². The third kappa shape index (κ3) is 4.13. The molecule has 3 rings (SSSR count). The second kappa shape index (κ2) is 8.01. The Morgan fingerprint density at radius 2 is 2.08 bits per heavy atom. The van der Waals surface area contributed by atoms with Crippen LogP contribution >= 0.6 is 12.4 Å². The maximum Gasteiger partial charge on any atom is 0.433 e. The summed E-state index contributed by atoms with van der Waals surface area (Å²) >= 11 is 0. The molecule has 0 radical (unpaired) electrons. The van der Waals surface area contributed by atoms with Crippen molar-refractivity contribution >= 4 is 18.3 Å². The highest BCUT2D eigenvalue weighted by Gasteiger charge is 2.34. The smallest absolute Gasteiger partial charge is 0.329 e. The van der Waals surface area contributed by atoms with Crippen LogP contribution in [0, 0.1) is 6.92 Å². The van der Waals surface area contributed by atoms with E-state index < -0.39 is 11.9 Å². The van der Waals surface area contributed by atoms with E-state index in [-0.39, 0.29) is 35.6 Å². The van der Waals surface area contributed by atoms with Gasteiger partial charge in [0.15, 0.2) is 0 Å². The number of aryl methyl sites for hydroxylation is 1. The maximum absolute atomic E-state index is 12.9. The van der Waals surface area contributed by atoms with Gasteiger partial charge in [0.25, 0.3) is 5.91 Å². The van der Waals surface area contributed by atoms with E-state index in [1.165, 1.54) is 13.0 Å². The van der Waals surface area contributed by atoms with Crippen molar-refractivity contribution in [3.63, 3.8) is 0 Å². The van der Waals surface area contributed by atoms with Crippen molar-refractivity contribution in [2.24, 2.45) is 0 Å². The number of pyridine rings is 2. The van der Waals surface area contributed by atoms with Crippen LogP contribution in [-0.4, -0.2) is 40.4 Å². The van der Waals surface area contributed by atoms with Gasteiger partial charge in [-0.05, 0) is 30.7 Å². The number of hydrogen-bond donors (Lipinski definition) is 1. The van der Waals surface area contributed by atoms with Crippen LogP contribution in [0.2, 0.25) is 0 Å². The maximum atomic E-state index is 12.9. The molecule has 0 aliphatic carbocycles. The first-order valence-electron chi connectivity index (χ1n) is 7.84. The summed E-state index contributed by atoms with van der Waals surface area (Å²) in [6.07, 6.45) is -1.19. The molecule has 1 atom stereocenters. The molecule has 1 aliphatic rings. The number of aromatic nitrogens is 2. The number of carbonyl (C=O) groups excluding carboxylic acids is 1. The average Bonchev–Trinajstić information content (AvgIpc) is 2.61. The lowest BCUT2D eigenvalue weighted by molar-refractivity contribution is -0.141. The molecule has 5 nitrogen and oxygen atoms in total. The average molecular weight is 387 g/mol. The third-order valence-electron chi connectivity index (χ3n) is 4.18. The summed E-state index contributed by atoms with van der Waals surface area (Å²) in [7, 11) is 0. The minimum absolute atomic E-state index is 0. The van der Waals surface area contributed by atoms with Crippen molar-refractivity contribution in [2.45, 2.75) is 19.1 Å². The van der Waals surface area contributed by atoms with Crippen molar-refractivity contribution in [2.75, 3.05) is 19.6 Å². The number of nitrogens with one attached hydrogen (secondary N) is 1. The summed E-state index contributed by atoms with van der Waals surface area (Å²) < 4.78 is 38.3. The predicted molar refractivity (Wildman–Crippen MR) is 92.1 cm³/mol. The molecule has 2 aromatic heterocycles. The molecule has 1 saturated heterocycles. The van der Waals surface area contributed by atoms with Gasteiger partial charge < -0.3 is 10.2 Å². The topological polar surface area (TPSA) is 58.1 Å². The Hall–Kier alpha value is -2.19. The number of amides is 1. The van der Waals surface area contributed by atoms with Gasteiger partial charge in [0.05, 0.1) is 17.3 Å². The van der Waals surface area contributed by atoms with Crippen molar-refractivity contribution in [3.05, 3.63) is 59.2 Å². The van der Waals surface area contributed by atoms with Gasteiger partial charge in [-0.25, -0.2) is 4.98 Å². The highest BCUT2D eigenvalue weighted by Crippen LogP contribution is 2.29. The SMILES string of the molecule is Cc1nc(C(F)(F)F)ccc1C(=O)N1CCNCC1c1cccnc1.Cl. The van der Waals surface area contributed by atoms with Gasteiger partial charge >= 0.3 is 6.18 Å². The Bertz CT molecular complexity index is 770. The molecule has 0 bridgehead atoms. The van der Waals surface area contributed by atoms with Gasteiger partial charge in [0.1, 0.15) is 5.69 Å². The standard InChI is InChI=1S/C17H17F3N4O.ClH/c1-11-13(4-5-15(23-11)17(18,19)20)16(25)24-8-7-22-10-14(24)12-3-2-6-21-9-12;/h2-6,9,14,22H,7-8,10H2,1H3;1H. The van der Waals surface area contributed by atoms with Crippen LogP contribution in [0.3, 0.4) is 0 Å². The number of hydrogen-bond acceptors (Lipinski definition) is 4. The van der Waals surface area contributed by atoms with Gasteiger partial charge in [-0.3, -0.25) is 9.78 Å². The second-order valence-electron chi connectivity index (χ2n) is 5.83. The van der Waals surface area contributed by atoms with Crippen LogP contribution in [0.4, 0.5) is 13.2 Å². The normalized spacial score (nSPS) is 17.5. The summed E-state index contributed by atoms with van der Waals surface area (Å²) in [5, 5.41) is 3.23. The fourth-order valence-electron chi connectivity index (χ4n) is 2.92. The Morgan fingerprint density at radius 3 is 2.69 bits per heavy atom. The minimum Gasteiger partial charge on any atom is -0.329 e. The van der Waals surface area contributed by atoms with Crippen molar-refractivity contribution in [1.82, 2.24) is 20.2 Å². The lowest BCUT2D eigenvalue weighted by atomic mass is 10.0. The van der Waals surface area contributed by atoms with Gasteiger partial charge in [-0.15, -0.1) is 12.4 Å². The zero-order valence-electron chi connectivity index (χ0n) is 14.0. The summed E-state index contributed by atoms with van der Waals surface area (Å²) in [6.45, 7) is 3.06. The van der Waals surface area contributed by atoms with Crippen LogP contribution in [0.15, 0.2) is 36.7 Å². The first-order valence-corrected chi connectivity index (χ1v) is 7.84. The largest absolute Gasteiger partial charge is 0.433 e. The van der Waals surface area contributed by atoms with Gasteiger partial charge in [-0.1, -0.05) is 6.07 Å². The lowest BCUT2D eigenvalue weighted by Gasteiger charge is -2.36. The summed E-state index contributed by atoms with van der Waals surface area (Å²) in [6, 6.07) is 5.49. The molecular formula is C17H18ClF3N4O. The quantitative estimate of drug-likeness (QED) is 0.862. The molecule has 26 heavy (non-hydrogen) atoms. The molecule has 140 valence electrons. The molecule has 3 heterocycles. The molecular weight excluding hydrogens is 369 g/mol. The Kier molecular flexibility index (Phi) is 6.20. The Labute approximate surface area is 155 Å². The Balaban J connectivity index is 0.00000243. The van der Waals surface area contributed by atoms with Crippen molar-refractivity contribution in [3.8, 4) is 0 Å². The van der Waals surface area contributed by atoms with Crippen LogP contribution in [-0.2, 0) is 6.18 Å². The van der Waals surface area contributed by atoms with Crippen molar-refractivity contribution in [1.29, 1.82) is 0 Å². The summed E-state index contributed by atoms with van der Waals surface area (Å²) in [4.78, 5) is 22.2. The Morgan fingerprint density at radius 1 is 1.31 bits per heavy atom. The molecule has 0 spiro atoms. The number of carbonyl (C=O) groups is 1. The van der Waals surface area contributed by atoms with E-state index in [1.54, 1.807) is 23.4 Å². The van der Waals surface area contributed by atoms with E-state index in [9.17, 15) is 18.0 Å². The molecule has 0 aromatic carbocycles. The van der Waals surface area contributed by atoms with E-state index in [4.69, 9.17) is 0 Å². The first kappa shape index (κ1) is 20.1. The number of rotatable bonds is 2. The van der Waals surface area contributed by atoms with E-state index in [0.717, 1.165) is 11.6 Å². The number of halogens is 4. The molecule has 2 aromatic rings. The zero-order valence-corrected chi connectivity index (χ0v) is 14.8. The van der Waals surface area contributed by atoms with E-state index in [0.29, 0.717) is 19.6 Å². The van der Waals surface area contributed by atoms with E-state index in [1.807, 2.05) is 6.07 Å². The third-order valence-corrected chi connectivity index (χ3v) is 4.18. The molecule has 1 N–H and O–H groups in total. The zero-order chi connectivity index (χ0) is 18.0. The molecule has 9 heteroatoms. The van der Waals surface area contributed by atoms with E-state index in [2.05, 4.69) is 15.3 Å². The highest BCUT2D eigenvalue weighted by atomic mass is 35.5. The van der Waals surface area contributed by atoms with E-state index >= 15 is 0 Å². The molecule has 1 aliphatic heterocycles. The predicted octanol–water partition coefficient (Wildman–Crippen LogP) is 3.01. The fraction of sp³-hybridized carbons (Fsp3) is 0.353. The molecule has 1 unspecified atom stereocenters. The molecule has 0 saturated carbocycles. The minimum atomic E-state index is -4.53. The highest BCUT2D eigenvalue weighted by molar-refractivity contribution is 5.95. The first-order chi connectivity index (χ1) is 11.9. The lowest BCUT2D eigenvalue weighted by Crippen LogP contribution is -2.48. The van der Waals surface area contributed by atoms with Gasteiger partial charge in [0, 0.05) is 32.0 Å². The van der Waals surface area contributed by atoms with Crippen LogP contribution in [0.25, 0.3) is 0 Å². The van der Waals surface area contributed by atoms with Crippen LogP contribution in [0.1, 0.15) is 33.4 Å². The molecule has 1 amide bonds. The number of nitrogens with zero attached hydrogens (tertiary/aromatic N) is 3. The monoisotopic (exact) mass is 386 g/mol. The number of alkyl halides is 3. The van der Waals surface area contributed by atoms with Gasteiger partial charge in [0.2, 0.25) is 0 Å².